The van der Waals surface area contributed by atoms with Gasteiger partial charge >= 0.3 is 6.01 Å². The molecular weight excluding hydrogens is 238 g/mol. The van der Waals surface area contributed by atoms with E-state index >= 15 is 0 Å². The van der Waals surface area contributed by atoms with Gasteiger partial charge in [-0.05, 0) is 32.2 Å². The average molecular weight is 263 g/mol. The van der Waals surface area contributed by atoms with Gasteiger partial charge in [0.25, 0.3) is 0 Å². The van der Waals surface area contributed by atoms with Crippen LogP contribution in [0.25, 0.3) is 0 Å². The molecule has 0 unspecified atom stereocenters. The molecule has 0 atom stereocenters. The first-order valence-electron chi connectivity index (χ1n) is 7.45. The van der Waals surface area contributed by atoms with Gasteiger partial charge in [0.05, 0.1) is 6.61 Å². The molecule has 0 amide bonds. The lowest BCUT2D eigenvalue weighted by atomic mass is 9.83. The lowest BCUT2D eigenvalue weighted by Crippen LogP contribution is -2.16. The Hall–Kier alpha value is -1.16. The van der Waals surface area contributed by atoms with Crippen molar-refractivity contribution < 1.29 is 4.74 Å². The van der Waals surface area contributed by atoms with E-state index in [1.165, 1.54) is 19.3 Å². The van der Waals surface area contributed by atoms with Gasteiger partial charge in [0.1, 0.15) is 0 Å². The number of nitrogens with zero attached hydrogens (tertiary/aromatic N) is 2. The van der Waals surface area contributed by atoms with E-state index in [1.54, 1.807) is 0 Å². The van der Waals surface area contributed by atoms with E-state index in [1.807, 2.05) is 13.1 Å². The predicted molar refractivity (Wildman–Crippen MR) is 76.2 cm³/mol. The zero-order chi connectivity index (χ0) is 13.5. The summed E-state index contributed by atoms with van der Waals surface area (Å²) in [7, 11) is 0. The van der Waals surface area contributed by atoms with Crippen molar-refractivity contribution in [1.29, 1.82) is 0 Å². The van der Waals surface area contributed by atoms with Gasteiger partial charge in [0.15, 0.2) is 0 Å². The summed E-state index contributed by atoms with van der Waals surface area (Å²) in [6.07, 6.45) is 8.28. The molecule has 0 spiro atoms. The minimum absolute atomic E-state index is 0.524. The second-order valence-electron chi connectivity index (χ2n) is 5.37. The largest absolute Gasteiger partial charge is 0.463 e. The monoisotopic (exact) mass is 263 g/mol. The predicted octanol–water partition coefficient (Wildman–Crippen LogP) is 2.85. The number of hydrogen-bond acceptors (Lipinski definition) is 4. The fourth-order valence-corrected chi connectivity index (χ4v) is 2.21. The smallest absolute Gasteiger partial charge is 0.316 e. The van der Waals surface area contributed by atoms with E-state index in [9.17, 15) is 0 Å². The number of aryl methyl sites for hydroxylation is 1. The first-order valence-corrected chi connectivity index (χ1v) is 7.45. The van der Waals surface area contributed by atoms with E-state index in [4.69, 9.17) is 4.74 Å². The molecule has 0 aliphatic heterocycles. The molecule has 1 aliphatic rings. The van der Waals surface area contributed by atoms with Crippen LogP contribution in [0.3, 0.4) is 0 Å². The molecule has 0 saturated heterocycles. The first-order chi connectivity index (χ1) is 9.29. The molecule has 106 valence electrons. The Kier molecular flexibility index (Phi) is 5.58. The molecule has 19 heavy (non-hydrogen) atoms. The van der Waals surface area contributed by atoms with Crippen molar-refractivity contribution in [1.82, 2.24) is 15.3 Å². The van der Waals surface area contributed by atoms with Crippen LogP contribution >= 0.6 is 0 Å². The van der Waals surface area contributed by atoms with Crippen LogP contribution in [0.5, 0.6) is 6.01 Å². The summed E-state index contributed by atoms with van der Waals surface area (Å²) in [4.78, 5) is 8.70. The fraction of sp³-hybridized carbons (Fsp3) is 0.733. The Labute approximate surface area is 116 Å². The van der Waals surface area contributed by atoms with Crippen LogP contribution in [0.2, 0.25) is 0 Å². The number of hydrogen-bond donors (Lipinski definition) is 1. The summed E-state index contributed by atoms with van der Waals surface area (Å²) >= 11 is 0. The molecule has 1 N–H and O–H groups in total. The SMILES string of the molecule is CCCNCc1cnc(OCCC2CCC2)nc1C. The highest BCUT2D eigenvalue weighted by molar-refractivity contribution is 5.17. The fourth-order valence-electron chi connectivity index (χ4n) is 2.21. The number of rotatable bonds is 8. The van der Waals surface area contributed by atoms with Crippen molar-refractivity contribution in [2.75, 3.05) is 13.2 Å². The van der Waals surface area contributed by atoms with Gasteiger partial charge in [-0.2, -0.15) is 0 Å². The van der Waals surface area contributed by atoms with Gasteiger partial charge in [0, 0.05) is 24.0 Å². The minimum atomic E-state index is 0.524. The molecule has 1 aromatic heterocycles. The summed E-state index contributed by atoms with van der Waals surface area (Å²) in [5.41, 5.74) is 2.16. The Morgan fingerprint density at radius 2 is 2.26 bits per heavy atom. The van der Waals surface area contributed by atoms with Crippen LogP contribution < -0.4 is 10.1 Å². The Bertz CT molecular complexity index is 391. The van der Waals surface area contributed by atoms with Crippen molar-refractivity contribution in [3.8, 4) is 6.01 Å². The molecule has 1 heterocycles. The van der Waals surface area contributed by atoms with Crippen molar-refractivity contribution >= 4 is 0 Å². The van der Waals surface area contributed by atoms with E-state index in [2.05, 4.69) is 22.2 Å². The summed E-state index contributed by atoms with van der Waals surface area (Å²) in [5.74, 6) is 0.874. The Morgan fingerprint density at radius 3 is 2.89 bits per heavy atom. The van der Waals surface area contributed by atoms with E-state index in [0.717, 1.165) is 49.7 Å². The highest BCUT2D eigenvalue weighted by atomic mass is 16.5. The third kappa shape index (κ3) is 4.46. The van der Waals surface area contributed by atoms with Gasteiger partial charge < -0.3 is 10.1 Å². The lowest BCUT2D eigenvalue weighted by molar-refractivity contribution is 0.211. The number of aromatic nitrogens is 2. The second-order valence-corrected chi connectivity index (χ2v) is 5.37. The molecule has 0 radical (unpaired) electrons. The standard InChI is InChI=1S/C15H25N3O/c1-3-8-16-10-14-11-17-15(18-12(14)2)19-9-7-13-5-4-6-13/h11,13,16H,3-10H2,1-2H3. The van der Waals surface area contributed by atoms with Gasteiger partial charge in [0.2, 0.25) is 0 Å². The molecule has 2 rings (SSSR count). The number of nitrogens with one attached hydrogen (secondary N) is 1. The minimum Gasteiger partial charge on any atom is -0.463 e. The molecule has 0 aromatic carbocycles. The van der Waals surface area contributed by atoms with Crippen LogP contribution in [-0.4, -0.2) is 23.1 Å². The molecule has 0 bridgehead atoms. The normalized spacial score (nSPS) is 15.3. The zero-order valence-electron chi connectivity index (χ0n) is 12.1. The molecule has 1 saturated carbocycles. The topological polar surface area (TPSA) is 47.0 Å². The van der Waals surface area contributed by atoms with Crippen LogP contribution in [0.1, 0.15) is 50.3 Å². The molecule has 1 fully saturated rings. The third-order valence-electron chi connectivity index (χ3n) is 3.78. The van der Waals surface area contributed by atoms with Crippen molar-refractivity contribution in [3.63, 3.8) is 0 Å². The summed E-state index contributed by atoms with van der Waals surface area (Å²) < 4.78 is 5.63. The van der Waals surface area contributed by atoms with Gasteiger partial charge in [-0.25, -0.2) is 9.97 Å². The third-order valence-corrected chi connectivity index (χ3v) is 3.78. The Balaban J connectivity index is 1.76. The van der Waals surface area contributed by atoms with E-state index in [0.29, 0.717) is 6.01 Å². The van der Waals surface area contributed by atoms with Crippen molar-refractivity contribution in [2.45, 2.75) is 52.5 Å². The first kappa shape index (κ1) is 14.3. The molecule has 1 aromatic rings. The van der Waals surface area contributed by atoms with Gasteiger partial charge in [-0.1, -0.05) is 26.2 Å². The molecule has 4 heteroatoms. The maximum absolute atomic E-state index is 5.63. The van der Waals surface area contributed by atoms with Crippen LogP contribution in [0.4, 0.5) is 0 Å². The highest BCUT2D eigenvalue weighted by Crippen LogP contribution is 2.29. The van der Waals surface area contributed by atoms with Crippen LogP contribution in [0, 0.1) is 12.8 Å². The van der Waals surface area contributed by atoms with E-state index in [-0.39, 0.29) is 0 Å². The molecule has 1 aliphatic carbocycles. The summed E-state index contributed by atoms with van der Waals surface area (Å²) in [5, 5.41) is 3.36. The van der Waals surface area contributed by atoms with Crippen LogP contribution in [-0.2, 0) is 6.54 Å². The quantitative estimate of drug-likeness (QED) is 0.733. The summed E-state index contributed by atoms with van der Waals surface area (Å²) in [6.45, 7) is 6.79. The zero-order valence-corrected chi connectivity index (χ0v) is 12.1. The lowest BCUT2D eigenvalue weighted by Gasteiger charge is -2.24. The van der Waals surface area contributed by atoms with Gasteiger partial charge in [-0.3, -0.25) is 0 Å². The number of ether oxygens (including phenoxy) is 1. The molecule has 4 nitrogen and oxygen atoms in total. The van der Waals surface area contributed by atoms with E-state index < -0.39 is 0 Å². The second kappa shape index (κ2) is 7.43. The van der Waals surface area contributed by atoms with Crippen molar-refractivity contribution in [2.24, 2.45) is 5.92 Å². The maximum Gasteiger partial charge on any atom is 0.316 e. The highest BCUT2D eigenvalue weighted by Gasteiger charge is 2.17. The van der Waals surface area contributed by atoms with Crippen LogP contribution in [0.15, 0.2) is 6.20 Å². The van der Waals surface area contributed by atoms with Crippen molar-refractivity contribution in [3.05, 3.63) is 17.5 Å². The average Bonchev–Trinajstić information content (AvgIpc) is 2.35. The molecular formula is C15H25N3O. The Morgan fingerprint density at radius 1 is 1.42 bits per heavy atom. The van der Waals surface area contributed by atoms with Gasteiger partial charge in [-0.15, -0.1) is 0 Å². The maximum atomic E-state index is 5.63. The summed E-state index contributed by atoms with van der Waals surface area (Å²) in [6, 6.07) is 0.524.